The van der Waals surface area contributed by atoms with Crippen molar-refractivity contribution in [3.05, 3.63) is 64.0 Å². The van der Waals surface area contributed by atoms with Gasteiger partial charge in [-0.05, 0) is 56.2 Å². The number of ether oxygens (including phenoxy) is 1. The van der Waals surface area contributed by atoms with Crippen molar-refractivity contribution in [1.82, 2.24) is 0 Å². The second kappa shape index (κ2) is 8.16. The Morgan fingerprint density at radius 2 is 1.89 bits per heavy atom. The van der Waals surface area contributed by atoms with Crippen LogP contribution in [0.15, 0.2) is 42.5 Å². The monoisotopic (exact) mass is 372 g/mol. The van der Waals surface area contributed by atoms with Crippen molar-refractivity contribution in [2.45, 2.75) is 19.8 Å². The van der Waals surface area contributed by atoms with Gasteiger partial charge in [-0.2, -0.15) is 0 Å². The molecule has 0 N–H and O–H groups in total. The summed E-state index contributed by atoms with van der Waals surface area (Å²) in [5.74, 6) is -0.291. The lowest BCUT2D eigenvalue weighted by atomic mass is 9.88. The highest BCUT2D eigenvalue weighted by Crippen LogP contribution is 2.39. The molecule has 0 aromatic heterocycles. The molecule has 7 heteroatoms. The number of ketones is 1. The number of benzene rings is 2. The summed E-state index contributed by atoms with van der Waals surface area (Å²) in [6.45, 7) is 3.20. The molecule has 6 nitrogen and oxygen atoms in total. The molecule has 0 bridgehead atoms. The third kappa shape index (κ3) is 4.07. The Labute approximate surface area is 156 Å². The molecule has 0 spiro atoms. The first kappa shape index (κ1) is 18.8. The molecule has 2 aromatic rings. The van der Waals surface area contributed by atoms with Gasteiger partial charge in [0.2, 0.25) is 0 Å². The number of carbonyl (C=O) groups excluding carboxylic acids is 1. The maximum atomic E-state index is 13.0. The number of anilines is 1. The summed E-state index contributed by atoms with van der Waals surface area (Å²) in [5.41, 5.74) is 0.973. The summed E-state index contributed by atoms with van der Waals surface area (Å²) in [4.78, 5) is 25.7. The van der Waals surface area contributed by atoms with Crippen LogP contribution in [-0.2, 0) is 0 Å². The minimum absolute atomic E-state index is 0.00721. The molecule has 1 aliphatic rings. The van der Waals surface area contributed by atoms with E-state index in [1.165, 1.54) is 24.3 Å². The molecule has 0 saturated carbocycles. The Morgan fingerprint density at radius 1 is 1.22 bits per heavy atom. The zero-order chi connectivity index (χ0) is 19.4. The molecule has 0 radical (unpaired) electrons. The number of para-hydroxylation sites is 1. The second-order valence-electron chi connectivity index (χ2n) is 6.45. The van der Waals surface area contributed by atoms with Crippen molar-refractivity contribution in [2.24, 2.45) is 5.92 Å². The van der Waals surface area contributed by atoms with Gasteiger partial charge in [-0.25, -0.2) is 4.39 Å². The Morgan fingerprint density at radius 3 is 2.48 bits per heavy atom. The summed E-state index contributed by atoms with van der Waals surface area (Å²) < 4.78 is 18.4. The maximum absolute atomic E-state index is 13.0. The van der Waals surface area contributed by atoms with E-state index in [9.17, 15) is 19.3 Å². The zero-order valence-corrected chi connectivity index (χ0v) is 15.1. The molecule has 27 heavy (non-hydrogen) atoms. The predicted molar refractivity (Wildman–Crippen MR) is 99.9 cm³/mol. The number of nitrogens with zero attached hydrogens (tertiary/aromatic N) is 2. The first-order valence-electron chi connectivity index (χ1n) is 8.96. The van der Waals surface area contributed by atoms with Gasteiger partial charge in [-0.1, -0.05) is 6.07 Å². The highest BCUT2D eigenvalue weighted by atomic mass is 19.1. The van der Waals surface area contributed by atoms with Crippen LogP contribution in [0, 0.1) is 21.8 Å². The van der Waals surface area contributed by atoms with E-state index < -0.39 is 4.92 Å². The molecule has 0 aliphatic carbocycles. The number of halogens is 1. The molecule has 0 amide bonds. The fourth-order valence-corrected chi connectivity index (χ4v) is 3.45. The van der Waals surface area contributed by atoms with Crippen molar-refractivity contribution in [2.75, 3.05) is 24.6 Å². The molecule has 3 rings (SSSR count). The first-order chi connectivity index (χ1) is 13.0. The number of rotatable bonds is 6. The molecule has 142 valence electrons. The predicted octanol–water partition coefficient (Wildman–Crippen LogP) is 4.23. The van der Waals surface area contributed by atoms with Gasteiger partial charge in [0.15, 0.2) is 11.5 Å². The van der Waals surface area contributed by atoms with Crippen molar-refractivity contribution < 1.29 is 18.8 Å². The summed E-state index contributed by atoms with van der Waals surface area (Å²) in [6.07, 6.45) is 1.18. The largest absolute Gasteiger partial charge is 0.487 e. The topological polar surface area (TPSA) is 72.7 Å². The molecule has 0 unspecified atom stereocenters. The van der Waals surface area contributed by atoms with Crippen LogP contribution in [0.4, 0.5) is 15.8 Å². The van der Waals surface area contributed by atoms with Gasteiger partial charge in [0.1, 0.15) is 11.5 Å². The average molecular weight is 372 g/mol. The highest BCUT2D eigenvalue weighted by molar-refractivity contribution is 5.98. The third-order valence-corrected chi connectivity index (χ3v) is 4.80. The zero-order valence-electron chi connectivity index (χ0n) is 15.1. The lowest BCUT2D eigenvalue weighted by molar-refractivity contribution is -0.385. The van der Waals surface area contributed by atoms with Crippen LogP contribution in [0.2, 0.25) is 0 Å². The molecule has 1 aliphatic heterocycles. The minimum Gasteiger partial charge on any atom is -0.487 e. The molecular formula is C20H21FN2O4. The number of piperidine rings is 1. The highest BCUT2D eigenvalue weighted by Gasteiger charge is 2.30. The number of nitro benzene ring substituents is 1. The van der Waals surface area contributed by atoms with Crippen LogP contribution < -0.4 is 9.64 Å². The molecule has 2 aromatic carbocycles. The summed E-state index contributed by atoms with van der Waals surface area (Å²) in [5, 5.41) is 11.6. The SMILES string of the molecule is CCOc1cccc(N2CCC(C(=O)c3ccc(F)cc3)CC2)c1[N+](=O)[O-]. The fourth-order valence-electron chi connectivity index (χ4n) is 3.45. The van der Waals surface area contributed by atoms with Crippen LogP contribution >= 0.6 is 0 Å². The Kier molecular flexibility index (Phi) is 5.69. The summed E-state index contributed by atoms with van der Waals surface area (Å²) >= 11 is 0. The smallest absolute Gasteiger partial charge is 0.333 e. The first-order valence-corrected chi connectivity index (χ1v) is 8.96. The number of nitro groups is 1. The molecular weight excluding hydrogens is 351 g/mol. The Balaban J connectivity index is 1.74. The van der Waals surface area contributed by atoms with E-state index in [1.54, 1.807) is 25.1 Å². The molecule has 1 saturated heterocycles. The van der Waals surface area contributed by atoms with Gasteiger partial charge in [0.05, 0.1) is 11.5 Å². The van der Waals surface area contributed by atoms with Crippen molar-refractivity contribution in [3.63, 3.8) is 0 Å². The van der Waals surface area contributed by atoms with Gasteiger partial charge < -0.3 is 9.64 Å². The van der Waals surface area contributed by atoms with E-state index in [1.807, 2.05) is 4.90 Å². The van der Waals surface area contributed by atoms with Crippen LogP contribution in [0.5, 0.6) is 5.75 Å². The lowest BCUT2D eigenvalue weighted by Gasteiger charge is -2.32. The van der Waals surface area contributed by atoms with E-state index >= 15 is 0 Å². The number of carbonyl (C=O) groups is 1. The van der Waals surface area contributed by atoms with E-state index in [-0.39, 0.29) is 29.0 Å². The lowest BCUT2D eigenvalue weighted by Crippen LogP contribution is -2.36. The summed E-state index contributed by atoms with van der Waals surface area (Å²) in [6, 6.07) is 10.6. The molecule has 1 fully saturated rings. The molecule has 1 heterocycles. The third-order valence-electron chi connectivity index (χ3n) is 4.80. The van der Waals surface area contributed by atoms with Crippen LogP contribution in [0.3, 0.4) is 0 Å². The number of hydrogen-bond acceptors (Lipinski definition) is 5. The Bertz CT molecular complexity index is 830. The van der Waals surface area contributed by atoms with E-state index in [4.69, 9.17) is 4.74 Å². The van der Waals surface area contributed by atoms with Gasteiger partial charge in [0, 0.05) is 24.6 Å². The Hall–Kier alpha value is -2.96. The number of Topliss-reactive ketones (excluding diaryl/α,β-unsaturated/α-hetero) is 1. The van der Waals surface area contributed by atoms with E-state index in [0.29, 0.717) is 43.8 Å². The van der Waals surface area contributed by atoms with Crippen LogP contribution in [0.1, 0.15) is 30.1 Å². The summed E-state index contributed by atoms with van der Waals surface area (Å²) in [7, 11) is 0. The minimum atomic E-state index is -0.421. The average Bonchev–Trinajstić information content (AvgIpc) is 2.68. The van der Waals surface area contributed by atoms with Crippen LogP contribution in [-0.4, -0.2) is 30.4 Å². The van der Waals surface area contributed by atoms with Crippen LogP contribution in [0.25, 0.3) is 0 Å². The van der Waals surface area contributed by atoms with Crippen molar-refractivity contribution in [3.8, 4) is 5.75 Å². The normalized spacial score (nSPS) is 14.8. The maximum Gasteiger partial charge on any atom is 0.333 e. The van der Waals surface area contributed by atoms with E-state index in [2.05, 4.69) is 0 Å². The quantitative estimate of drug-likeness (QED) is 0.431. The second-order valence-corrected chi connectivity index (χ2v) is 6.45. The van der Waals surface area contributed by atoms with Gasteiger partial charge in [0.25, 0.3) is 0 Å². The standard InChI is InChI=1S/C20H21FN2O4/c1-2-27-18-5-3-4-17(19(18)23(25)26)22-12-10-15(11-13-22)20(24)14-6-8-16(21)9-7-14/h3-9,15H,2,10-13H2,1H3. The fraction of sp³-hybridized carbons (Fsp3) is 0.350. The van der Waals surface area contributed by atoms with Crippen molar-refractivity contribution in [1.29, 1.82) is 0 Å². The van der Waals surface area contributed by atoms with Gasteiger partial charge in [-0.3, -0.25) is 14.9 Å². The molecule has 0 atom stereocenters. The van der Waals surface area contributed by atoms with E-state index in [0.717, 1.165) is 0 Å². The number of hydrogen-bond donors (Lipinski definition) is 0. The van der Waals surface area contributed by atoms with Crippen molar-refractivity contribution >= 4 is 17.2 Å². The van der Waals surface area contributed by atoms with Gasteiger partial charge >= 0.3 is 5.69 Å². The van der Waals surface area contributed by atoms with Gasteiger partial charge in [-0.15, -0.1) is 0 Å².